The highest BCUT2D eigenvalue weighted by atomic mass is 35.5. The topological polar surface area (TPSA) is 84.3 Å². The van der Waals surface area contributed by atoms with Gasteiger partial charge in [0.15, 0.2) is 0 Å². The van der Waals surface area contributed by atoms with E-state index in [1.165, 1.54) is 12.1 Å². The highest BCUT2D eigenvalue weighted by Gasteiger charge is 2.15. The summed E-state index contributed by atoms with van der Waals surface area (Å²) in [6.07, 6.45) is 0. The van der Waals surface area contributed by atoms with Crippen LogP contribution in [0.15, 0.2) is 18.2 Å². The molecular weight excluding hydrogens is 246 g/mol. The molecule has 1 rings (SSSR count). The van der Waals surface area contributed by atoms with Gasteiger partial charge in [0.05, 0.1) is 4.92 Å². The van der Waals surface area contributed by atoms with Gasteiger partial charge in [-0.1, -0.05) is 6.07 Å². The van der Waals surface area contributed by atoms with Crippen LogP contribution in [0.3, 0.4) is 0 Å². The number of hydrogen-bond acceptors (Lipinski definition) is 3. The smallest absolute Gasteiger partial charge is 0.319 e. The van der Waals surface area contributed by atoms with Crippen molar-refractivity contribution < 1.29 is 9.72 Å². The van der Waals surface area contributed by atoms with Crippen molar-refractivity contribution in [1.29, 1.82) is 0 Å². The number of hydrogen-bond donors (Lipinski definition) is 2. The Balaban J connectivity index is 2.83. The van der Waals surface area contributed by atoms with Crippen LogP contribution in [0.1, 0.15) is 5.56 Å². The van der Waals surface area contributed by atoms with Crippen LogP contribution >= 0.6 is 11.6 Å². The van der Waals surface area contributed by atoms with Crippen LogP contribution in [0.2, 0.25) is 0 Å². The summed E-state index contributed by atoms with van der Waals surface area (Å²) in [5, 5.41) is 15.6. The monoisotopic (exact) mass is 257 g/mol. The van der Waals surface area contributed by atoms with E-state index in [1.54, 1.807) is 13.0 Å². The molecule has 2 amide bonds. The van der Waals surface area contributed by atoms with Crippen LogP contribution < -0.4 is 10.6 Å². The van der Waals surface area contributed by atoms with E-state index in [-0.39, 0.29) is 17.3 Å². The summed E-state index contributed by atoms with van der Waals surface area (Å²) in [4.78, 5) is 21.6. The number of carbonyl (C=O) groups excluding carboxylic acids is 1. The number of rotatable bonds is 4. The number of nitrogens with one attached hydrogen (secondary N) is 2. The SMILES string of the molecule is Cc1ccc(NC(=O)NCCCl)c([N+](=O)[O-])c1. The summed E-state index contributed by atoms with van der Waals surface area (Å²) in [6.45, 7) is 2.04. The Morgan fingerprint density at radius 3 is 2.82 bits per heavy atom. The van der Waals surface area contributed by atoms with Crippen LogP contribution in [0, 0.1) is 17.0 Å². The second kappa shape index (κ2) is 6.05. The number of urea groups is 1. The van der Waals surface area contributed by atoms with Crippen LogP contribution in [-0.4, -0.2) is 23.4 Å². The van der Waals surface area contributed by atoms with E-state index in [0.29, 0.717) is 6.54 Å². The Bertz CT molecular complexity index is 437. The first-order chi connectivity index (χ1) is 8.04. The van der Waals surface area contributed by atoms with Crippen molar-refractivity contribution in [2.75, 3.05) is 17.7 Å². The first-order valence-electron chi connectivity index (χ1n) is 4.90. The van der Waals surface area contributed by atoms with Crippen molar-refractivity contribution in [1.82, 2.24) is 5.32 Å². The van der Waals surface area contributed by atoms with Gasteiger partial charge in [0.25, 0.3) is 5.69 Å². The minimum absolute atomic E-state index is 0.133. The number of amides is 2. The Morgan fingerprint density at radius 1 is 1.53 bits per heavy atom. The number of halogens is 1. The predicted molar refractivity (Wildman–Crippen MR) is 65.6 cm³/mol. The molecule has 0 heterocycles. The van der Waals surface area contributed by atoms with Crippen molar-refractivity contribution in [3.63, 3.8) is 0 Å². The zero-order valence-corrected chi connectivity index (χ0v) is 9.95. The molecule has 0 bridgehead atoms. The Morgan fingerprint density at radius 2 is 2.24 bits per heavy atom. The van der Waals surface area contributed by atoms with Gasteiger partial charge in [-0.25, -0.2) is 4.79 Å². The quantitative estimate of drug-likeness (QED) is 0.493. The average Bonchev–Trinajstić information content (AvgIpc) is 2.28. The third-order valence-corrected chi connectivity index (χ3v) is 2.17. The van der Waals surface area contributed by atoms with Crippen molar-refractivity contribution in [3.8, 4) is 0 Å². The van der Waals surface area contributed by atoms with Crippen LogP contribution in [0.4, 0.5) is 16.2 Å². The van der Waals surface area contributed by atoms with Gasteiger partial charge in [-0.3, -0.25) is 10.1 Å². The third kappa shape index (κ3) is 3.92. The van der Waals surface area contributed by atoms with E-state index in [9.17, 15) is 14.9 Å². The lowest BCUT2D eigenvalue weighted by Gasteiger charge is -2.07. The van der Waals surface area contributed by atoms with Crippen LogP contribution in [0.25, 0.3) is 0 Å². The number of nitro groups is 1. The van der Waals surface area contributed by atoms with Crippen LogP contribution in [-0.2, 0) is 0 Å². The molecular formula is C10H12ClN3O3. The van der Waals surface area contributed by atoms with E-state index < -0.39 is 11.0 Å². The second-order valence-corrected chi connectivity index (χ2v) is 3.73. The van der Waals surface area contributed by atoms with Crippen molar-refractivity contribution >= 4 is 29.0 Å². The van der Waals surface area contributed by atoms with E-state index in [2.05, 4.69) is 10.6 Å². The molecule has 0 aliphatic rings. The summed E-state index contributed by atoms with van der Waals surface area (Å²) in [5.41, 5.74) is 0.780. The van der Waals surface area contributed by atoms with Gasteiger partial charge < -0.3 is 10.6 Å². The maximum Gasteiger partial charge on any atom is 0.319 e. The van der Waals surface area contributed by atoms with Gasteiger partial charge in [-0.15, -0.1) is 11.6 Å². The van der Waals surface area contributed by atoms with Crippen molar-refractivity contribution in [3.05, 3.63) is 33.9 Å². The number of nitro benzene ring substituents is 1. The molecule has 2 N–H and O–H groups in total. The van der Waals surface area contributed by atoms with Gasteiger partial charge in [0, 0.05) is 18.5 Å². The van der Waals surface area contributed by atoms with E-state index in [4.69, 9.17) is 11.6 Å². The van der Waals surface area contributed by atoms with Gasteiger partial charge in [0.1, 0.15) is 5.69 Å². The molecule has 0 saturated carbocycles. The van der Waals surface area contributed by atoms with Gasteiger partial charge in [-0.2, -0.15) is 0 Å². The molecule has 0 spiro atoms. The fourth-order valence-corrected chi connectivity index (χ4v) is 1.32. The summed E-state index contributed by atoms with van der Waals surface area (Å²) in [5.74, 6) is 0.281. The minimum Gasteiger partial charge on any atom is -0.337 e. The molecule has 0 atom stereocenters. The highest BCUT2D eigenvalue weighted by Crippen LogP contribution is 2.24. The predicted octanol–water partition coefficient (Wildman–Crippen LogP) is 2.26. The molecule has 6 nitrogen and oxygen atoms in total. The summed E-state index contributed by atoms with van der Waals surface area (Å²) >= 11 is 5.40. The number of aryl methyl sites for hydroxylation is 1. The van der Waals surface area contributed by atoms with Gasteiger partial charge >= 0.3 is 6.03 Å². The Labute approximate surface area is 103 Å². The molecule has 0 fully saturated rings. The van der Waals surface area contributed by atoms with Crippen molar-refractivity contribution in [2.24, 2.45) is 0 Å². The van der Waals surface area contributed by atoms with Crippen molar-refractivity contribution in [2.45, 2.75) is 6.92 Å². The molecule has 1 aromatic rings. The molecule has 0 saturated heterocycles. The lowest BCUT2D eigenvalue weighted by molar-refractivity contribution is -0.384. The molecule has 17 heavy (non-hydrogen) atoms. The summed E-state index contributed by atoms with van der Waals surface area (Å²) in [7, 11) is 0. The van der Waals surface area contributed by atoms with E-state index in [0.717, 1.165) is 5.56 Å². The standard InChI is InChI=1S/C10H12ClN3O3/c1-7-2-3-8(9(6-7)14(16)17)13-10(15)12-5-4-11/h2-3,6H,4-5H2,1H3,(H2,12,13,15). The first-order valence-corrected chi connectivity index (χ1v) is 5.44. The molecule has 1 aromatic carbocycles. The molecule has 0 radical (unpaired) electrons. The fourth-order valence-electron chi connectivity index (χ4n) is 1.23. The number of alkyl halides is 1. The second-order valence-electron chi connectivity index (χ2n) is 3.35. The Kier molecular flexibility index (Phi) is 4.71. The molecule has 0 aliphatic carbocycles. The summed E-state index contributed by atoms with van der Waals surface area (Å²) in [6, 6.07) is 4.06. The minimum atomic E-state index is -0.538. The van der Waals surface area contributed by atoms with E-state index >= 15 is 0 Å². The average molecular weight is 258 g/mol. The number of anilines is 1. The zero-order valence-electron chi connectivity index (χ0n) is 9.20. The normalized spacial score (nSPS) is 9.76. The van der Waals surface area contributed by atoms with Crippen LogP contribution in [0.5, 0.6) is 0 Å². The molecule has 0 unspecified atom stereocenters. The lowest BCUT2D eigenvalue weighted by atomic mass is 10.2. The maximum absolute atomic E-state index is 11.3. The van der Waals surface area contributed by atoms with Gasteiger partial charge in [0.2, 0.25) is 0 Å². The van der Waals surface area contributed by atoms with Gasteiger partial charge in [-0.05, 0) is 18.6 Å². The number of nitrogens with zero attached hydrogens (tertiary/aromatic N) is 1. The highest BCUT2D eigenvalue weighted by molar-refractivity contribution is 6.18. The third-order valence-electron chi connectivity index (χ3n) is 1.98. The summed E-state index contributed by atoms with van der Waals surface area (Å²) < 4.78 is 0. The molecule has 7 heteroatoms. The number of benzene rings is 1. The largest absolute Gasteiger partial charge is 0.337 e. The molecule has 0 aliphatic heterocycles. The molecule has 0 aromatic heterocycles. The fraction of sp³-hybridized carbons (Fsp3) is 0.300. The molecule has 92 valence electrons. The maximum atomic E-state index is 11.3. The first kappa shape index (κ1) is 13.2. The lowest BCUT2D eigenvalue weighted by Crippen LogP contribution is -2.30. The number of carbonyl (C=O) groups is 1. The zero-order chi connectivity index (χ0) is 12.8. The van der Waals surface area contributed by atoms with E-state index in [1.807, 2.05) is 0 Å². The Hall–Kier alpha value is -1.82.